The molecule has 0 aliphatic heterocycles. The predicted molar refractivity (Wildman–Crippen MR) is 60.9 cm³/mol. The van der Waals surface area contributed by atoms with Crippen molar-refractivity contribution in [1.82, 2.24) is 0 Å². The van der Waals surface area contributed by atoms with Crippen molar-refractivity contribution in [2.24, 2.45) is 0 Å². The molecule has 1 aromatic rings. The molecule has 0 aromatic heterocycles. The van der Waals surface area contributed by atoms with Crippen LogP contribution >= 0.6 is 11.6 Å². The van der Waals surface area contributed by atoms with Crippen LogP contribution in [0.4, 0.5) is 4.79 Å². The Morgan fingerprint density at radius 2 is 1.88 bits per heavy atom. The van der Waals surface area contributed by atoms with E-state index in [-0.39, 0.29) is 0 Å². The first-order valence-corrected chi connectivity index (χ1v) is 5.08. The lowest BCUT2D eigenvalue weighted by Gasteiger charge is -1.95. The van der Waals surface area contributed by atoms with E-state index in [0.29, 0.717) is 12.2 Å². The standard InChI is InChI=1S/C7H5ClO2.C4H8O2/c8-7(9)10-6-4-2-1-3-5-6;1-2-3-4(5)6/h1-5H;2-3H2,1H3,(H,5,6). The SMILES string of the molecule is CCCC(=O)O.O=C(Cl)Oc1ccccc1. The van der Waals surface area contributed by atoms with Gasteiger partial charge < -0.3 is 9.84 Å². The largest absolute Gasteiger partial charge is 0.481 e. The number of carbonyl (C=O) groups is 2. The van der Waals surface area contributed by atoms with E-state index in [1.807, 2.05) is 13.0 Å². The van der Waals surface area contributed by atoms with Gasteiger partial charge in [-0.05, 0) is 18.6 Å². The van der Waals surface area contributed by atoms with Crippen LogP contribution in [0.5, 0.6) is 5.75 Å². The molecule has 0 heterocycles. The van der Waals surface area contributed by atoms with Gasteiger partial charge in [-0.2, -0.15) is 0 Å². The Kier molecular flexibility index (Phi) is 7.89. The molecule has 4 nitrogen and oxygen atoms in total. The molecule has 0 unspecified atom stereocenters. The topological polar surface area (TPSA) is 63.6 Å². The molecule has 0 amide bonds. The first kappa shape index (κ1) is 14.5. The summed E-state index contributed by atoms with van der Waals surface area (Å²) in [6.45, 7) is 1.84. The summed E-state index contributed by atoms with van der Waals surface area (Å²) < 4.78 is 4.54. The zero-order valence-electron chi connectivity index (χ0n) is 8.85. The Labute approximate surface area is 98.8 Å². The number of hydrogen-bond acceptors (Lipinski definition) is 3. The van der Waals surface area contributed by atoms with E-state index >= 15 is 0 Å². The maximum absolute atomic E-state index is 10.2. The van der Waals surface area contributed by atoms with Gasteiger partial charge in [0.25, 0.3) is 0 Å². The molecule has 0 bridgehead atoms. The highest BCUT2D eigenvalue weighted by atomic mass is 35.5. The molecule has 5 heteroatoms. The van der Waals surface area contributed by atoms with Crippen LogP contribution in [0.15, 0.2) is 30.3 Å². The first-order chi connectivity index (χ1) is 7.56. The summed E-state index contributed by atoms with van der Waals surface area (Å²) in [6.07, 6.45) is 1.02. The van der Waals surface area contributed by atoms with Gasteiger partial charge in [0.05, 0.1) is 0 Å². The molecule has 0 saturated carbocycles. The maximum Gasteiger partial charge on any atom is 0.409 e. The van der Waals surface area contributed by atoms with Gasteiger partial charge in [0.15, 0.2) is 0 Å². The lowest BCUT2D eigenvalue weighted by Crippen LogP contribution is -1.94. The molecule has 0 aliphatic rings. The highest BCUT2D eigenvalue weighted by Gasteiger charge is 1.95. The van der Waals surface area contributed by atoms with Crippen molar-refractivity contribution in [1.29, 1.82) is 0 Å². The molecule has 88 valence electrons. The van der Waals surface area contributed by atoms with Gasteiger partial charge in [0.2, 0.25) is 0 Å². The van der Waals surface area contributed by atoms with Crippen molar-refractivity contribution in [3.8, 4) is 5.75 Å². The Morgan fingerprint density at radius 3 is 2.19 bits per heavy atom. The van der Waals surface area contributed by atoms with Crippen LogP contribution in [-0.2, 0) is 4.79 Å². The zero-order chi connectivity index (χ0) is 12.4. The Hall–Kier alpha value is -1.55. The van der Waals surface area contributed by atoms with Crippen molar-refractivity contribution in [2.45, 2.75) is 19.8 Å². The highest BCUT2D eigenvalue weighted by Crippen LogP contribution is 2.09. The van der Waals surface area contributed by atoms with Crippen LogP contribution in [0, 0.1) is 0 Å². The van der Waals surface area contributed by atoms with E-state index in [2.05, 4.69) is 4.74 Å². The fraction of sp³-hybridized carbons (Fsp3) is 0.273. The van der Waals surface area contributed by atoms with Crippen molar-refractivity contribution >= 4 is 23.0 Å². The number of carboxylic acid groups (broad SMARTS) is 1. The quantitative estimate of drug-likeness (QED) is 0.829. The first-order valence-electron chi connectivity index (χ1n) is 4.70. The van der Waals surface area contributed by atoms with E-state index in [4.69, 9.17) is 16.7 Å². The lowest BCUT2D eigenvalue weighted by atomic mass is 10.3. The second kappa shape index (κ2) is 8.73. The second-order valence-corrected chi connectivity index (χ2v) is 3.11. The summed E-state index contributed by atoms with van der Waals surface area (Å²) in [5, 5.41) is 7.91. The van der Waals surface area contributed by atoms with Crippen molar-refractivity contribution in [2.75, 3.05) is 0 Å². The summed E-state index contributed by atoms with van der Waals surface area (Å²) in [6, 6.07) is 8.65. The number of carbonyl (C=O) groups excluding carboxylic acids is 1. The van der Waals surface area contributed by atoms with E-state index < -0.39 is 11.4 Å². The number of carboxylic acids is 1. The van der Waals surface area contributed by atoms with Crippen LogP contribution < -0.4 is 4.74 Å². The minimum atomic E-state index is -0.814. The predicted octanol–water partition coefficient (Wildman–Crippen LogP) is 3.30. The van der Waals surface area contributed by atoms with Crippen LogP contribution in [-0.4, -0.2) is 16.5 Å². The number of benzene rings is 1. The fourth-order valence-electron chi connectivity index (χ4n) is 0.795. The summed E-state index contributed by atoms with van der Waals surface area (Å²) in [4.78, 5) is 19.8. The molecule has 1 aromatic carbocycles. The number of hydrogen-bond donors (Lipinski definition) is 1. The number of aliphatic carboxylic acids is 1. The van der Waals surface area contributed by atoms with Gasteiger partial charge in [-0.25, -0.2) is 4.79 Å². The van der Waals surface area contributed by atoms with Crippen LogP contribution in [0.2, 0.25) is 0 Å². The van der Waals surface area contributed by atoms with Crippen molar-refractivity contribution in [3.05, 3.63) is 30.3 Å². The van der Waals surface area contributed by atoms with Crippen molar-refractivity contribution < 1.29 is 19.4 Å². The molecule has 16 heavy (non-hydrogen) atoms. The fourth-order valence-corrected chi connectivity index (χ4v) is 0.884. The number of halogens is 1. The summed E-state index contributed by atoms with van der Waals surface area (Å²) in [5.74, 6) is -0.250. The van der Waals surface area contributed by atoms with Gasteiger partial charge in [-0.3, -0.25) is 4.79 Å². The van der Waals surface area contributed by atoms with Crippen LogP contribution in [0.1, 0.15) is 19.8 Å². The monoisotopic (exact) mass is 244 g/mol. The number of ether oxygens (including phenoxy) is 1. The summed E-state index contributed by atoms with van der Waals surface area (Å²) >= 11 is 4.95. The Morgan fingerprint density at radius 1 is 1.31 bits per heavy atom. The molecular weight excluding hydrogens is 232 g/mol. The minimum absolute atomic E-state index is 0.292. The molecule has 0 aliphatic carbocycles. The molecule has 0 saturated heterocycles. The van der Waals surface area contributed by atoms with E-state index in [9.17, 15) is 9.59 Å². The molecule has 0 fully saturated rings. The molecule has 1 rings (SSSR count). The highest BCUT2D eigenvalue weighted by molar-refractivity contribution is 6.61. The molecule has 0 radical (unpaired) electrons. The molecular formula is C11H13ClO4. The second-order valence-electron chi connectivity index (χ2n) is 2.80. The van der Waals surface area contributed by atoms with Gasteiger partial charge >= 0.3 is 11.4 Å². The molecule has 0 atom stereocenters. The van der Waals surface area contributed by atoms with Crippen LogP contribution in [0.25, 0.3) is 0 Å². The average Bonchev–Trinajstić information content (AvgIpc) is 2.18. The summed E-state index contributed by atoms with van der Waals surface area (Å²) in [7, 11) is 0. The molecule has 0 spiro atoms. The van der Waals surface area contributed by atoms with Gasteiger partial charge in [0.1, 0.15) is 5.75 Å². The minimum Gasteiger partial charge on any atom is -0.481 e. The number of rotatable bonds is 3. The smallest absolute Gasteiger partial charge is 0.409 e. The Bertz CT molecular complexity index is 324. The average molecular weight is 245 g/mol. The number of para-hydroxylation sites is 1. The maximum atomic E-state index is 10.2. The third kappa shape index (κ3) is 9.02. The van der Waals surface area contributed by atoms with E-state index in [0.717, 1.165) is 6.42 Å². The Balaban J connectivity index is 0.000000325. The normalized spacial score (nSPS) is 8.62. The molecule has 1 N–H and O–H groups in total. The van der Waals surface area contributed by atoms with Crippen molar-refractivity contribution in [3.63, 3.8) is 0 Å². The zero-order valence-corrected chi connectivity index (χ0v) is 9.61. The van der Waals surface area contributed by atoms with Gasteiger partial charge in [-0.15, -0.1) is 0 Å². The lowest BCUT2D eigenvalue weighted by molar-refractivity contribution is -0.137. The van der Waals surface area contributed by atoms with Gasteiger partial charge in [0, 0.05) is 18.0 Å². The van der Waals surface area contributed by atoms with E-state index in [1.54, 1.807) is 24.3 Å². The van der Waals surface area contributed by atoms with Gasteiger partial charge in [-0.1, -0.05) is 25.1 Å². The third-order valence-electron chi connectivity index (χ3n) is 1.41. The summed E-state index contributed by atoms with van der Waals surface area (Å²) in [5.41, 5.74) is -0.814. The van der Waals surface area contributed by atoms with E-state index in [1.165, 1.54) is 0 Å². The third-order valence-corrected chi connectivity index (χ3v) is 1.48. The van der Waals surface area contributed by atoms with Crippen LogP contribution in [0.3, 0.4) is 0 Å².